The Morgan fingerprint density at radius 2 is 1.97 bits per heavy atom. The molecule has 0 aliphatic heterocycles. The molecule has 0 spiro atoms. The first-order valence-electron chi connectivity index (χ1n) is 10.5. The largest absolute Gasteiger partial charge is 0.296 e. The van der Waals surface area contributed by atoms with Crippen LogP contribution >= 0.6 is 0 Å². The van der Waals surface area contributed by atoms with Crippen LogP contribution in [0.25, 0.3) is 17.1 Å². The molecule has 154 valence electrons. The molecule has 0 unspecified atom stereocenters. The van der Waals surface area contributed by atoms with Crippen LogP contribution in [0.5, 0.6) is 0 Å². The van der Waals surface area contributed by atoms with Gasteiger partial charge in [-0.05, 0) is 37.0 Å². The van der Waals surface area contributed by atoms with E-state index in [9.17, 15) is 14.4 Å². The van der Waals surface area contributed by atoms with Gasteiger partial charge in [-0.1, -0.05) is 56.3 Å². The van der Waals surface area contributed by atoms with E-state index >= 15 is 0 Å². The number of carbonyl (C=O) groups excluding carboxylic acids is 1. The molecule has 0 fully saturated rings. The molecule has 0 bridgehead atoms. The SMILES string of the molecule is C[C@H]1C(=O)C(C#N)=C[C@@]2(C)c3nc(-c4ccccc4)n(-c4cccc(F)c4)c3CC[C@H]12. The fourth-order valence-electron chi connectivity index (χ4n) is 5.39. The Hall–Kier alpha value is -3.52. The van der Waals surface area contributed by atoms with Crippen LogP contribution in [-0.4, -0.2) is 15.3 Å². The van der Waals surface area contributed by atoms with Crippen LogP contribution in [0, 0.1) is 29.0 Å². The van der Waals surface area contributed by atoms with E-state index in [0.29, 0.717) is 0 Å². The number of hydrogen-bond acceptors (Lipinski definition) is 3. The molecule has 2 aromatic carbocycles. The highest BCUT2D eigenvalue weighted by atomic mass is 19.1. The minimum atomic E-state index is -0.534. The molecule has 0 N–H and O–H groups in total. The molecular formula is C26H22FN3O. The maximum absolute atomic E-state index is 14.1. The third-order valence-corrected chi connectivity index (χ3v) is 6.89. The number of allylic oxidation sites excluding steroid dienone is 2. The molecular weight excluding hydrogens is 389 g/mol. The van der Waals surface area contributed by atoms with E-state index in [1.54, 1.807) is 6.07 Å². The number of Topliss-reactive ketones (excluding diaryl/α,β-unsaturated/α-hetero) is 1. The van der Waals surface area contributed by atoms with Crippen molar-refractivity contribution in [3.05, 3.63) is 83.5 Å². The summed E-state index contributed by atoms with van der Waals surface area (Å²) in [6.45, 7) is 4.00. The number of ketones is 1. The second-order valence-corrected chi connectivity index (χ2v) is 8.66. The zero-order valence-electron chi connectivity index (χ0n) is 17.5. The van der Waals surface area contributed by atoms with Gasteiger partial charge in [0.25, 0.3) is 0 Å². The molecule has 0 saturated heterocycles. The van der Waals surface area contributed by atoms with Crippen LogP contribution in [0.1, 0.15) is 31.7 Å². The van der Waals surface area contributed by atoms with Gasteiger partial charge in [0, 0.05) is 22.6 Å². The molecule has 31 heavy (non-hydrogen) atoms. The van der Waals surface area contributed by atoms with Gasteiger partial charge in [0.1, 0.15) is 17.7 Å². The van der Waals surface area contributed by atoms with E-state index in [1.165, 1.54) is 12.1 Å². The summed E-state index contributed by atoms with van der Waals surface area (Å²) in [5.74, 6) is 0.194. The first-order chi connectivity index (χ1) is 14.9. The Labute approximate surface area is 180 Å². The molecule has 3 atom stereocenters. The van der Waals surface area contributed by atoms with E-state index < -0.39 is 5.41 Å². The maximum Gasteiger partial charge on any atom is 0.176 e. The Morgan fingerprint density at radius 3 is 2.68 bits per heavy atom. The van der Waals surface area contributed by atoms with Crippen LogP contribution in [0.15, 0.2) is 66.2 Å². The summed E-state index contributed by atoms with van der Waals surface area (Å²) in [6, 6.07) is 18.5. The van der Waals surface area contributed by atoms with Gasteiger partial charge < -0.3 is 0 Å². The molecule has 0 radical (unpaired) electrons. The van der Waals surface area contributed by atoms with E-state index in [1.807, 2.05) is 54.0 Å². The van der Waals surface area contributed by atoms with Crippen LogP contribution in [-0.2, 0) is 16.6 Å². The third-order valence-electron chi connectivity index (χ3n) is 6.89. The molecule has 0 saturated carbocycles. The van der Waals surface area contributed by atoms with Crippen molar-refractivity contribution in [2.24, 2.45) is 11.8 Å². The Balaban J connectivity index is 1.81. The van der Waals surface area contributed by atoms with Crippen LogP contribution in [0.2, 0.25) is 0 Å². The van der Waals surface area contributed by atoms with Crippen LogP contribution in [0.3, 0.4) is 0 Å². The van der Waals surface area contributed by atoms with Gasteiger partial charge in [-0.2, -0.15) is 5.26 Å². The van der Waals surface area contributed by atoms with Crippen LogP contribution in [0.4, 0.5) is 4.39 Å². The Bertz CT molecular complexity index is 1270. The number of hydrogen-bond donors (Lipinski definition) is 0. The van der Waals surface area contributed by atoms with Gasteiger partial charge in [0.2, 0.25) is 0 Å². The second kappa shape index (κ2) is 7.02. The molecule has 1 aromatic heterocycles. The molecule has 3 aromatic rings. The van der Waals surface area contributed by atoms with Crippen molar-refractivity contribution in [3.8, 4) is 23.1 Å². The fourth-order valence-corrected chi connectivity index (χ4v) is 5.39. The lowest BCUT2D eigenvalue weighted by molar-refractivity contribution is -0.121. The number of nitriles is 1. The fraction of sp³-hybridized carbons (Fsp3) is 0.269. The summed E-state index contributed by atoms with van der Waals surface area (Å²) < 4.78 is 16.2. The van der Waals surface area contributed by atoms with Crippen LogP contribution < -0.4 is 0 Å². The number of carbonyl (C=O) groups is 1. The Kier molecular flexibility index (Phi) is 4.40. The maximum atomic E-state index is 14.1. The number of aromatic nitrogens is 2. The van der Waals surface area contributed by atoms with Crippen molar-refractivity contribution >= 4 is 5.78 Å². The smallest absolute Gasteiger partial charge is 0.176 e. The topological polar surface area (TPSA) is 58.7 Å². The third kappa shape index (κ3) is 2.86. The average Bonchev–Trinajstić information content (AvgIpc) is 3.18. The van der Waals surface area contributed by atoms with Crippen molar-refractivity contribution in [2.45, 2.75) is 32.1 Å². The van der Waals surface area contributed by atoms with Crippen molar-refractivity contribution in [2.75, 3.05) is 0 Å². The lowest BCUT2D eigenvalue weighted by Crippen LogP contribution is -2.45. The number of benzene rings is 2. The summed E-state index contributed by atoms with van der Waals surface area (Å²) in [7, 11) is 0. The lowest BCUT2D eigenvalue weighted by Gasteiger charge is -2.44. The van der Waals surface area contributed by atoms with Gasteiger partial charge >= 0.3 is 0 Å². The first kappa shape index (κ1) is 19.4. The lowest BCUT2D eigenvalue weighted by atomic mass is 9.58. The Morgan fingerprint density at radius 1 is 1.19 bits per heavy atom. The number of fused-ring (bicyclic) bond motifs is 3. The normalized spacial score (nSPS) is 24.7. The first-order valence-corrected chi connectivity index (χ1v) is 10.5. The zero-order chi connectivity index (χ0) is 21.8. The van der Waals surface area contributed by atoms with Crippen molar-refractivity contribution < 1.29 is 9.18 Å². The number of imidazole rings is 1. The molecule has 1 heterocycles. The standard InChI is InChI=1S/C26H22FN3O/c1-16-21-11-12-22-24(26(21,2)14-18(15-28)23(16)31)29-25(17-7-4-3-5-8-17)30(22)20-10-6-9-19(27)13-20/h3-10,13-14,16,21H,11-12H2,1-2H3/t16-,21-,26-/m1/s1. The van der Waals surface area contributed by atoms with Crippen molar-refractivity contribution in [1.29, 1.82) is 5.26 Å². The molecule has 4 nitrogen and oxygen atoms in total. The van der Waals surface area contributed by atoms with Gasteiger partial charge in [0.15, 0.2) is 5.78 Å². The average molecular weight is 411 g/mol. The minimum Gasteiger partial charge on any atom is -0.296 e. The van der Waals surface area contributed by atoms with Gasteiger partial charge in [-0.25, -0.2) is 9.37 Å². The number of nitrogens with zero attached hydrogens (tertiary/aromatic N) is 3. The highest BCUT2D eigenvalue weighted by Gasteiger charge is 2.50. The molecule has 0 amide bonds. The second-order valence-electron chi connectivity index (χ2n) is 8.66. The van der Waals surface area contributed by atoms with Crippen molar-refractivity contribution in [1.82, 2.24) is 9.55 Å². The zero-order valence-corrected chi connectivity index (χ0v) is 17.5. The quantitative estimate of drug-likeness (QED) is 0.585. The monoisotopic (exact) mass is 411 g/mol. The highest BCUT2D eigenvalue weighted by Crippen LogP contribution is 2.50. The molecule has 2 aliphatic rings. The highest BCUT2D eigenvalue weighted by molar-refractivity contribution is 6.02. The minimum absolute atomic E-state index is 0.0732. The predicted molar refractivity (Wildman–Crippen MR) is 116 cm³/mol. The van der Waals surface area contributed by atoms with E-state index in [0.717, 1.165) is 41.3 Å². The van der Waals surface area contributed by atoms with E-state index in [2.05, 4.69) is 13.0 Å². The summed E-state index contributed by atoms with van der Waals surface area (Å²) in [5, 5.41) is 9.57. The summed E-state index contributed by atoms with van der Waals surface area (Å²) in [6.07, 6.45) is 3.36. The van der Waals surface area contributed by atoms with E-state index in [-0.39, 0.29) is 29.0 Å². The van der Waals surface area contributed by atoms with Gasteiger partial charge in [0.05, 0.1) is 17.0 Å². The van der Waals surface area contributed by atoms with Gasteiger partial charge in [-0.15, -0.1) is 0 Å². The summed E-state index contributed by atoms with van der Waals surface area (Å²) in [5.41, 5.74) is 3.22. The molecule has 2 aliphatic carbocycles. The molecule has 5 heteroatoms. The van der Waals surface area contributed by atoms with Crippen molar-refractivity contribution in [3.63, 3.8) is 0 Å². The van der Waals surface area contributed by atoms with Gasteiger partial charge in [-0.3, -0.25) is 9.36 Å². The number of rotatable bonds is 2. The number of halogens is 1. The summed E-state index contributed by atoms with van der Waals surface area (Å²) >= 11 is 0. The predicted octanol–water partition coefficient (Wildman–Crippen LogP) is 5.17. The van der Waals surface area contributed by atoms with E-state index in [4.69, 9.17) is 4.98 Å². The summed E-state index contributed by atoms with van der Waals surface area (Å²) in [4.78, 5) is 17.7. The molecule has 5 rings (SSSR count).